The van der Waals surface area contributed by atoms with Gasteiger partial charge in [-0.25, -0.2) is 0 Å². The number of benzene rings is 1. The van der Waals surface area contributed by atoms with E-state index in [1.165, 1.54) is 5.56 Å². The lowest BCUT2D eigenvalue weighted by Gasteiger charge is -2.21. The smallest absolute Gasteiger partial charge is 0.223 e. The normalized spacial score (nSPS) is 20.3. The summed E-state index contributed by atoms with van der Waals surface area (Å²) in [5.74, 6) is 0.0781. The fraction of sp³-hybridized carbons (Fsp3) is 0.611. The molecule has 21 heavy (non-hydrogen) atoms. The molecule has 1 amide bonds. The van der Waals surface area contributed by atoms with Crippen molar-refractivity contribution in [2.75, 3.05) is 6.61 Å². The maximum absolute atomic E-state index is 12.0. The Hall–Kier alpha value is -1.35. The topological polar surface area (TPSA) is 38.3 Å². The second-order valence-electron chi connectivity index (χ2n) is 7.00. The summed E-state index contributed by atoms with van der Waals surface area (Å²) in [6, 6.07) is 8.55. The van der Waals surface area contributed by atoms with Gasteiger partial charge in [0.1, 0.15) is 0 Å². The Bertz CT molecular complexity index is 467. The number of ether oxygens (including phenoxy) is 1. The van der Waals surface area contributed by atoms with Crippen molar-refractivity contribution in [1.29, 1.82) is 0 Å². The molecule has 2 rings (SSSR count). The largest absolute Gasteiger partial charge is 0.378 e. The molecular weight excluding hydrogens is 262 g/mol. The zero-order chi connectivity index (χ0) is 15.5. The van der Waals surface area contributed by atoms with Crippen LogP contribution in [0.15, 0.2) is 24.3 Å². The highest BCUT2D eigenvalue weighted by Gasteiger charge is 2.20. The van der Waals surface area contributed by atoms with Crippen LogP contribution in [0.5, 0.6) is 0 Å². The van der Waals surface area contributed by atoms with E-state index in [0.717, 1.165) is 25.0 Å². The highest BCUT2D eigenvalue weighted by atomic mass is 16.5. The number of hydrogen-bond donors (Lipinski definition) is 1. The van der Waals surface area contributed by atoms with Crippen LogP contribution in [-0.4, -0.2) is 18.6 Å². The van der Waals surface area contributed by atoms with Crippen LogP contribution in [0, 0.1) is 0 Å². The van der Waals surface area contributed by atoms with Gasteiger partial charge in [0.2, 0.25) is 5.91 Å². The van der Waals surface area contributed by atoms with Crippen LogP contribution >= 0.6 is 0 Å². The zero-order valence-corrected chi connectivity index (χ0v) is 13.6. The van der Waals surface area contributed by atoms with Gasteiger partial charge in [-0.05, 0) is 36.3 Å². The molecule has 3 heteroatoms. The van der Waals surface area contributed by atoms with Crippen LogP contribution in [0.25, 0.3) is 0 Å². The molecule has 0 radical (unpaired) electrons. The third-order valence-electron chi connectivity index (χ3n) is 4.09. The Balaban J connectivity index is 1.90. The summed E-state index contributed by atoms with van der Waals surface area (Å²) < 4.78 is 5.50. The first-order valence-corrected chi connectivity index (χ1v) is 7.87. The number of hydrogen-bond acceptors (Lipinski definition) is 2. The lowest BCUT2D eigenvalue weighted by atomic mass is 9.86. The van der Waals surface area contributed by atoms with E-state index in [1.807, 2.05) is 6.92 Å². The summed E-state index contributed by atoms with van der Waals surface area (Å²) in [5, 5.41) is 3.06. The molecule has 1 fully saturated rings. The Labute approximate surface area is 128 Å². The third-order valence-corrected chi connectivity index (χ3v) is 4.09. The van der Waals surface area contributed by atoms with Crippen molar-refractivity contribution in [2.45, 2.75) is 64.5 Å². The minimum atomic E-state index is 0.0351. The van der Waals surface area contributed by atoms with Gasteiger partial charge in [0.25, 0.3) is 0 Å². The van der Waals surface area contributed by atoms with Gasteiger partial charge < -0.3 is 10.1 Å². The number of carbonyl (C=O) groups is 1. The highest BCUT2D eigenvalue weighted by molar-refractivity contribution is 5.77. The van der Waals surface area contributed by atoms with Crippen molar-refractivity contribution in [3.63, 3.8) is 0 Å². The molecule has 1 saturated heterocycles. The molecule has 0 unspecified atom stereocenters. The molecule has 1 aliphatic heterocycles. The monoisotopic (exact) mass is 289 g/mol. The van der Waals surface area contributed by atoms with Gasteiger partial charge in [-0.3, -0.25) is 4.79 Å². The zero-order valence-electron chi connectivity index (χ0n) is 13.6. The highest BCUT2D eigenvalue weighted by Crippen LogP contribution is 2.24. The van der Waals surface area contributed by atoms with Crippen LogP contribution < -0.4 is 5.32 Å². The van der Waals surface area contributed by atoms with Crippen LogP contribution in [0.2, 0.25) is 0 Å². The van der Waals surface area contributed by atoms with Crippen molar-refractivity contribution in [2.24, 2.45) is 0 Å². The van der Waals surface area contributed by atoms with E-state index in [0.29, 0.717) is 6.42 Å². The van der Waals surface area contributed by atoms with E-state index in [4.69, 9.17) is 4.74 Å². The van der Waals surface area contributed by atoms with Crippen LogP contribution in [0.1, 0.15) is 64.1 Å². The number of nitrogens with one attached hydrogen (secondary N) is 1. The molecule has 0 aromatic heterocycles. The predicted molar refractivity (Wildman–Crippen MR) is 85.3 cm³/mol. The number of rotatable bonds is 4. The molecule has 1 heterocycles. The maximum atomic E-state index is 12.0. The van der Waals surface area contributed by atoms with Gasteiger partial charge in [0.05, 0.1) is 18.6 Å². The summed E-state index contributed by atoms with van der Waals surface area (Å²) in [7, 11) is 0. The summed E-state index contributed by atoms with van der Waals surface area (Å²) >= 11 is 0. The van der Waals surface area contributed by atoms with E-state index in [9.17, 15) is 4.79 Å². The lowest BCUT2D eigenvalue weighted by molar-refractivity contribution is -0.123. The van der Waals surface area contributed by atoms with Gasteiger partial charge in [0.15, 0.2) is 0 Å². The average molecular weight is 289 g/mol. The quantitative estimate of drug-likeness (QED) is 0.917. The Kier molecular flexibility index (Phi) is 5.04. The molecule has 1 N–H and O–H groups in total. The standard InChI is InChI=1S/C18H27NO2/c1-13(19-17(20)12-16-6-5-11-21-16)14-7-9-15(10-8-14)18(2,3)4/h7-10,13,16H,5-6,11-12H2,1-4H3,(H,19,20)/t13-,16-/m1/s1. The lowest BCUT2D eigenvalue weighted by Crippen LogP contribution is -2.29. The molecule has 0 aliphatic carbocycles. The van der Waals surface area contributed by atoms with E-state index in [1.54, 1.807) is 0 Å². The van der Waals surface area contributed by atoms with E-state index in [-0.39, 0.29) is 23.5 Å². The second kappa shape index (κ2) is 6.61. The fourth-order valence-corrected chi connectivity index (χ4v) is 2.67. The Morgan fingerprint density at radius 3 is 2.52 bits per heavy atom. The summed E-state index contributed by atoms with van der Waals surface area (Å²) in [6.45, 7) is 9.43. The van der Waals surface area contributed by atoms with Crippen molar-refractivity contribution >= 4 is 5.91 Å². The molecule has 2 atom stereocenters. The Morgan fingerprint density at radius 1 is 1.33 bits per heavy atom. The first-order valence-electron chi connectivity index (χ1n) is 7.87. The number of carbonyl (C=O) groups excluding carboxylic acids is 1. The minimum Gasteiger partial charge on any atom is -0.378 e. The minimum absolute atomic E-state index is 0.0351. The first kappa shape index (κ1) is 16.0. The van der Waals surface area contributed by atoms with Crippen molar-refractivity contribution in [3.05, 3.63) is 35.4 Å². The molecule has 0 bridgehead atoms. The predicted octanol–water partition coefficient (Wildman–Crippen LogP) is 3.73. The fourth-order valence-electron chi connectivity index (χ4n) is 2.67. The van der Waals surface area contributed by atoms with Gasteiger partial charge in [0, 0.05) is 6.61 Å². The SMILES string of the molecule is C[C@@H](NC(=O)C[C@H]1CCCO1)c1ccc(C(C)(C)C)cc1. The molecular formula is C18H27NO2. The van der Waals surface area contributed by atoms with Gasteiger partial charge in [-0.15, -0.1) is 0 Å². The van der Waals surface area contributed by atoms with Gasteiger partial charge in [-0.1, -0.05) is 45.0 Å². The molecule has 1 aliphatic rings. The van der Waals surface area contributed by atoms with Crippen molar-refractivity contribution < 1.29 is 9.53 Å². The summed E-state index contributed by atoms with van der Waals surface area (Å²) in [5.41, 5.74) is 2.61. The molecule has 116 valence electrons. The van der Waals surface area contributed by atoms with E-state index in [2.05, 4.69) is 50.4 Å². The molecule has 3 nitrogen and oxygen atoms in total. The number of amides is 1. The molecule has 0 saturated carbocycles. The van der Waals surface area contributed by atoms with Crippen LogP contribution in [0.4, 0.5) is 0 Å². The molecule has 1 aromatic rings. The van der Waals surface area contributed by atoms with E-state index >= 15 is 0 Å². The average Bonchev–Trinajstić information content (AvgIpc) is 2.90. The maximum Gasteiger partial charge on any atom is 0.223 e. The van der Waals surface area contributed by atoms with Gasteiger partial charge in [-0.2, -0.15) is 0 Å². The van der Waals surface area contributed by atoms with Crippen molar-refractivity contribution in [1.82, 2.24) is 5.32 Å². The van der Waals surface area contributed by atoms with Crippen LogP contribution in [0.3, 0.4) is 0 Å². The van der Waals surface area contributed by atoms with Crippen molar-refractivity contribution in [3.8, 4) is 0 Å². The third kappa shape index (κ3) is 4.57. The molecule has 1 aromatic carbocycles. The van der Waals surface area contributed by atoms with Gasteiger partial charge >= 0.3 is 0 Å². The van der Waals surface area contributed by atoms with Crippen LogP contribution in [-0.2, 0) is 14.9 Å². The van der Waals surface area contributed by atoms with E-state index < -0.39 is 0 Å². The first-order chi connectivity index (χ1) is 9.86. The Morgan fingerprint density at radius 2 is 2.00 bits per heavy atom. The summed E-state index contributed by atoms with van der Waals surface area (Å²) in [6.07, 6.45) is 2.66. The molecule has 0 spiro atoms. The summed E-state index contributed by atoms with van der Waals surface area (Å²) in [4.78, 5) is 12.0. The second-order valence-corrected chi connectivity index (χ2v) is 7.00.